The largest absolute Gasteiger partial charge is 0.446 e. The summed E-state index contributed by atoms with van der Waals surface area (Å²) in [5.41, 5.74) is -1.18. The van der Waals surface area contributed by atoms with Gasteiger partial charge in [0.25, 0.3) is 0 Å². The second-order valence-corrected chi connectivity index (χ2v) is 9.68. The number of unbranched alkanes of at least 4 members (excludes halogenated alkanes) is 13. The van der Waals surface area contributed by atoms with Crippen molar-refractivity contribution in [2.24, 2.45) is 0 Å². The average Bonchev–Trinajstić information content (AvgIpc) is 2.87. The first kappa shape index (κ1) is 31.4. The van der Waals surface area contributed by atoms with Crippen LogP contribution >= 0.6 is 0 Å². The number of alkyl halides is 1. The number of nitrogens with zero attached hydrogens (tertiary/aromatic N) is 1. The number of hydrogen-bond donors (Lipinski definition) is 0. The molecule has 35 heavy (non-hydrogen) atoms. The Hall–Kier alpha value is -1.66. The summed E-state index contributed by atoms with van der Waals surface area (Å²) in [6.07, 6.45) is 17.5. The molecule has 0 bridgehead atoms. The van der Waals surface area contributed by atoms with Crippen LogP contribution in [0, 0.1) is 0 Å². The Kier molecular flexibility index (Phi) is 18.4. The molecule has 202 valence electrons. The third-order valence-corrected chi connectivity index (χ3v) is 6.28. The summed E-state index contributed by atoms with van der Waals surface area (Å²) in [4.78, 5) is 13.6. The standard InChI is InChI=1S/C29H50FNO4/c1-4-5-6-7-8-9-10-11-12-13-14-15-16-20-23-34-25-29(30,24-33-3)26-35-28(32)31(2)27-21-18-17-19-22-27/h17-19,21-22H,4-16,20,23-26H2,1-3H3. The first-order chi connectivity index (χ1) is 17.0. The zero-order valence-electron chi connectivity index (χ0n) is 22.6. The number of halogens is 1. The van der Waals surface area contributed by atoms with Crippen LogP contribution in [0.15, 0.2) is 30.3 Å². The number of para-hydroxylation sites is 1. The fourth-order valence-corrected chi connectivity index (χ4v) is 4.08. The van der Waals surface area contributed by atoms with Gasteiger partial charge in [0.15, 0.2) is 5.67 Å². The van der Waals surface area contributed by atoms with Gasteiger partial charge in [-0.15, -0.1) is 0 Å². The Bertz CT molecular complexity index is 630. The van der Waals surface area contributed by atoms with Crippen LogP contribution in [-0.2, 0) is 14.2 Å². The van der Waals surface area contributed by atoms with Crippen molar-refractivity contribution in [1.82, 2.24) is 0 Å². The summed E-state index contributed by atoms with van der Waals surface area (Å²) in [6.45, 7) is 2.02. The lowest BCUT2D eigenvalue weighted by atomic mass is 10.0. The molecule has 0 aliphatic carbocycles. The SMILES string of the molecule is CCCCCCCCCCCCCCCCOCC(F)(COC)COC(=O)N(C)c1ccccc1. The molecule has 0 fully saturated rings. The minimum Gasteiger partial charge on any atom is -0.446 e. The fourth-order valence-electron chi connectivity index (χ4n) is 4.08. The van der Waals surface area contributed by atoms with Crippen LogP contribution in [0.2, 0.25) is 0 Å². The zero-order valence-corrected chi connectivity index (χ0v) is 22.6. The maximum absolute atomic E-state index is 15.2. The van der Waals surface area contributed by atoms with Crippen molar-refractivity contribution in [2.75, 3.05) is 45.5 Å². The van der Waals surface area contributed by atoms with Gasteiger partial charge in [-0.3, -0.25) is 4.90 Å². The molecule has 0 aliphatic rings. The number of benzene rings is 1. The quantitative estimate of drug-likeness (QED) is 0.152. The normalized spacial score (nSPS) is 12.9. The number of ether oxygens (including phenoxy) is 3. The van der Waals surface area contributed by atoms with Crippen molar-refractivity contribution in [3.8, 4) is 0 Å². The molecule has 1 aromatic carbocycles. The van der Waals surface area contributed by atoms with Crippen molar-refractivity contribution in [1.29, 1.82) is 0 Å². The molecule has 0 radical (unpaired) electrons. The Morgan fingerprint density at radius 1 is 0.800 bits per heavy atom. The van der Waals surface area contributed by atoms with E-state index in [-0.39, 0.29) is 13.2 Å². The van der Waals surface area contributed by atoms with Crippen LogP contribution < -0.4 is 4.90 Å². The summed E-state index contributed by atoms with van der Waals surface area (Å²) >= 11 is 0. The molecule has 1 rings (SSSR count). The zero-order chi connectivity index (χ0) is 25.6. The smallest absolute Gasteiger partial charge is 0.414 e. The molecule has 0 heterocycles. The molecule has 0 saturated carbocycles. The van der Waals surface area contributed by atoms with Crippen LogP contribution in [-0.4, -0.2) is 52.3 Å². The van der Waals surface area contributed by atoms with Crippen molar-refractivity contribution in [3.63, 3.8) is 0 Å². The average molecular weight is 496 g/mol. The molecular formula is C29H50FNO4. The minimum atomic E-state index is -1.86. The highest BCUT2D eigenvalue weighted by atomic mass is 19.1. The number of anilines is 1. The highest BCUT2D eigenvalue weighted by molar-refractivity contribution is 5.86. The highest BCUT2D eigenvalue weighted by Crippen LogP contribution is 2.17. The minimum absolute atomic E-state index is 0.151. The monoisotopic (exact) mass is 495 g/mol. The molecule has 1 aromatic rings. The molecular weight excluding hydrogens is 445 g/mol. The fraction of sp³-hybridized carbons (Fsp3) is 0.759. The molecule has 0 N–H and O–H groups in total. The third-order valence-electron chi connectivity index (χ3n) is 6.28. The van der Waals surface area contributed by atoms with Gasteiger partial charge >= 0.3 is 6.09 Å². The molecule has 1 amide bonds. The summed E-state index contributed by atoms with van der Waals surface area (Å²) in [7, 11) is 3.03. The Morgan fingerprint density at radius 3 is 1.83 bits per heavy atom. The van der Waals surface area contributed by atoms with E-state index >= 15 is 4.39 Å². The first-order valence-electron chi connectivity index (χ1n) is 13.7. The van der Waals surface area contributed by atoms with Crippen LogP contribution in [0.3, 0.4) is 0 Å². The van der Waals surface area contributed by atoms with Gasteiger partial charge in [-0.2, -0.15) is 0 Å². The van der Waals surface area contributed by atoms with E-state index in [1.54, 1.807) is 19.2 Å². The van der Waals surface area contributed by atoms with E-state index in [1.807, 2.05) is 18.2 Å². The van der Waals surface area contributed by atoms with Gasteiger partial charge in [0.2, 0.25) is 0 Å². The number of amides is 1. The third kappa shape index (κ3) is 15.8. The Labute approximate surface area is 213 Å². The van der Waals surface area contributed by atoms with E-state index in [2.05, 4.69) is 6.92 Å². The van der Waals surface area contributed by atoms with E-state index in [9.17, 15) is 4.79 Å². The van der Waals surface area contributed by atoms with Gasteiger partial charge in [-0.05, 0) is 18.6 Å². The molecule has 0 saturated heterocycles. The Balaban J connectivity index is 2.06. The molecule has 5 nitrogen and oxygen atoms in total. The van der Waals surface area contributed by atoms with Crippen molar-refractivity contribution < 1.29 is 23.4 Å². The van der Waals surface area contributed by atoms with Crippen molar-refractivity contribution in [2.45, 2.75) is 102 Å². The van der Waals surface area contributed by atoms with Gasteiger partial charge in [0.05, 0.1) is 13.2 Å². The summed E-state index contributed by atoms with van der Waals surface area (Å²) < 4.78 is 30.9. The molecule has 6 heteroatoms. The first-order valence-corrected chi connectivity index (χ1v) is 13.7. The van der Waals surface area contributed by atoms with E-state index in [0.29, 0.717) is 12.3 Å². The van der Waals surface area contributed by atoms with Crippen molar-refractivity contribution >= 4 is 11.8 Å². The lowest BCUT2D eigenvalue weighted by Crippen LogP contribution is -2.42. The molecule has 1 atom stereocenters. The number of carbonyl (C=O) groups excluding carboxylic acids is 1. The van der Waals surface area contributed by atoms with Crippen LogP contribution in [0.25, 0.3) is 0 Å². The number of hydrogen-bond acceptors (Lipinski definition) is 4. The summed E-state index contributed by atoms with van der Waals surface area (Å²) in [5.74, 6) is 0. The predicted octanol–water partition coefficient (Wildman–Crippen LogP) is 8.11. The van der Waals surface area contributed by atoms with Crippen LogP contribution in [0.1, 0.15) is 96.8 Å². The Morgan fingerprint density at radius 2 is 1.31 bits per heavy atom. The van der Waals surface area contributed by atoms with Gasteiger partial charge in [0, 0.05) is 26.5 Å². The van der Waals surface area contributed by atoms with E-state index < -0.39 is 18.4 Å². The summed E-state index contributed by atoms with van der Waals surface area (Å²) in [5, 5.41) is 0. The molecule has 1 unspecified atom stereocenters. The van der Waals surface area contributed by atoms with Crippen molar-refractivity contribution in [3.05, 3.63) is 30.3 Å². The molecule has 0 aliphatic heterocycles. The van der Waals surface area contributed by atoms with Crippen LogP contribution in [0.4, 0.5) is 14.9 Å². The molecule has 0 aromatic heterocycles. The van der Waals surface area contributed by atoms with E-state index in [1.165, 1.54) is 89.1 Å². The van der Waals surface area contributed by atoms with Gasteiger partial charge in [0.1, 0.15) is 6.61 Å². The van der Waals surface area contributed by atoms with E-state index in [4.69, 9.17) is 14.2 Å². The molecule has 0 spiro atoms. The number of carbonyl (C=O) groups is 1. The lowest BCUT2D eigenvalue weighted by Gasteiger charge is -2.25. The second-order valence-electron chi connectivity index (χ2n) is 9.68. The van der Waals surface area contributed by atoms with Crippen LogP contribution in [0.5, 0.6) is 0 Å². The lowest BCUT2D eigenvalue weighted by molar-refractivity contribution is -0.0633. The van der Waals surface area contributed by atoms with Gasteiger partial charge in [-0.1, -0.05) is 109 Å². The maximum Gasteiger partial charge on any atom is 0.414 e. The number of rotatable bonds is 22. The predicted molar refractivity (Wildman–Crippen MR) is 143 cm³/mol. The van der Waals surface area contributed by atoms with Gasteiger partial charge in [-0.25, -0.2) is 9.18 Å². The highest BCUT2D eigenvalue weighted by Gasteiger charge is 2.33. The van der Waals surface area contributed by atoms with Gasteiger partial charge < -0.3 is 14.2 Å². The maximum atomic E-state index is 15.2. The summed E-state index contributed by atoms with van der Waals surface area (Å²) in [6, 6.07) is 9.10. The van der Waals surface area contributed by atoms with E-state index in [0.717, 1.165) is 12.8 Å². The second kappa shape index (κ2) is 20.5. The topological polar surface area (TPSA) is 48.0 Å². The number of methoxy groups -OCH3 is 1.